The Balaban J connectivity index is 1.57. The molecule has 1 amide bonds. The van der Waals surface area contributed by atoms with Crippen LogP contribution in [0.4, 0.5) is 11.8 Å². The number of hydrogen-bond donors (Lipinski definition) is 2. The lowest BCUT2D eigenvalue weighted by Gasteiger charge is -2.33. The van der Waals surface area contributed by atoms with Crippen molar-refractivity contribution < 1.29 is 18.7 Å². The third kappa shape index (κ3) is 3.75. The molecule has 29 heavy (non-hydrogen) atoms. The van der Waals surface area contributed by atoms with Crippen molar-refractivity contribution in [2.24, 2.45) is 0 Å². The molecule has 0 saturated carbocycles. The minimum Gasteiger partial charge on any atom is -0.493 e. The number of ether oxygens (including phenoxy) is 2. The Kier molecular flexibility index (Phi) is 5.11. The molecule has 0 bridgehead atoms. The molecule has 3 N–H and O–H groups in total. The molecule has 3 aromatic rings. The van der Waals surface area contributed by atoms with E-state index in [1.54, 1.807) is 38.5 Å². The van der Waals surface area contributed by atoms with E-state index in [9.17, 15) is 4.79 Å². The van der Waals surface area contributed by atoms with Gasteiger partial charge in [0.15, 0.2) is 17.3 Å². The lowest BCUT2D eigenvalue weighted by Crippen LogP contribution is -2.48. The number of fused-ring (bicyclic) bond motifs is 1. The molecule has 1 aromatic carbocycles. The number of anilines is 2. The molecular formula is C20H23N5O4. The Labute approximate surface area is 167 Å². The van der Waals surface area contributed by atoms with Crippen LogP contribution in [0.25, 0.3) is 10.9 Å². The number of furan rings is 1. The summed E-state index contributed by atoms with van der Waals surface area (Å²) in [5.41, 5.74) is 6.88. The van der Waals surface area contributed by atoms with Crippen molar-refractivity contribution >= 4 is 28.6 Å². The van der Waals surface area contributed by atoms with Crippen molar-refractivity contribution in [1.82, 2.24) is 15.3 Å². The molecule has 1 fully saturated rings. The number of carbonyl (C=O) groups is 1. The summed E-state index contributed by atoms with van der Waals surface area (Å²) in [7, 11) is 3.14. The van der Waals surface area contributed by atoms with Crippen LogP contribution in [0, 0.1) is 0 Å². The molecule has 1 aliphatic rings. The topological polar surface area (TPSA) is 116 Å². The Morgan fingerprint density at radius 3 is 2.79 bits per heavy atom. The molecule has 0 radical (unpaired) electrons. The summed E-state index contributed by atoms with van der Waals surface area (Å²) in [5, 5.41) is 3.71. The highest BCUT2D eigenvalue weighted by atomic mass is 16.5. The van der Waals surface area contributed by atoms with E-state index in [2.05, 4.69) is 15.3 Å². The number of nitrogens with one attached hydrogen (secondary N) is 1. The number of aromatic nitrogens is 2. The van der Waals surface area contributed by atoms with Crippen LogP contribution in [-0.4, -0.2) is 49.2 Å². The predicted octanol–water partition coefficient (Wildman–Crippen LogP) is 2.22. The Morgan fingerprint density at radius 2 is 2.07 bits per heavy atom. The zero-order valence-electron chi connectivity index (χ0n) is 16.3. The van der Waals surface area contributed by atoms with Crippen molar-refractivity contribution in [1.29, 1.82) is 0 Å². The molecule has 152 valence electrons. The van der Waals surface area contributed by atoms with Gasteiger partial charge in [0.1, 0.15) is 5.82 Å². The zero-order valence-corrected chi connectivity index (χ0v) is 16.3. The van der Waals surface area contributed by atoms with Gasteiger partial charge in [-0.1, -0.05) is 0 Å². The van der Waals surface area contributed by atoms with Gasteiger partial charge in [-0.2, -0.15) is 4.98 Å². The van der Waals surface area contributed by atoms with Crippen LogP contribution in [-0.2, 0) is 0 Å². The SMILES string of the molecule is COc1cc2nc(N3CCC[C@H](NC(=O)c4ccco4)C3)nc(N)c2cc1OC. The van der Waals surface area contributed by atoms with Crippen LogP contribution in [0.15, 0.2) is 34.9 Å². The van der Waals surface area contributed by atoms with E-state index < -0.39 is 0 Å². The second-order valence-electron chi connectivity index (χ2n) is 6.87. The summed E-state index contributed by atoms with van der Waals surface area (Å²) in [6, 6.07) is 6.86. The van der Waals surface area contributed by atoms with Crippen LogP contribution in [0.2, 0.25) is 0 Å². The molecule has 1 aliphatic heterocycles. The quantitative estimate of drug-likeness (QED) is 0.673. The predicted molar refractivity (Wildman–Crippen MR) is 108 cm³/mol. The molecule has 9 heteroatoms. The summed E-state index contributed by atoms with van der Waals surface area (Å²) in [6.45, 7) is 1.37. The highest BCUT2D eigenvalue weighted by molar-refractivity contribution is 5.92. The Hall–Kier alpha value is -3.49. The number of rotatable bonds is 5. The van der Waals surface area contributed by atoms with E-state index in [0.29, 0.717) is 46.5 Å². The van der Waals surface area contributed by atoms with Crippen molar-refractivity contribution in [3.63, 3.8) is 0 Å². The second kappa shape index (κ2) is 7.86. The first-order valence-electron chi connectivity index (χ1n) is 9.37. The minimum atomic E-state index is -0.224. The van der Waals surface area contributed by atoms with Gasteiger partial charge in [0, 0.05) is 30.6 Å². The van der Waals surface area contributed by atoms with Crippen LogP contribution in [0.1, 0.15) is 23.4 Å². The van der Waals surface area contributed by atoms with Gasteiger partial charge in [0.05, 0.1) is 26.0 Å². The molecule has 2 aromatic heterocycles. The number of nitrogen functional groups attached to an aromatic ring is 1. The first kappa shape index (κ1) is 18.9. The molecule has 9 nitrogen and oxygen atoms in total. The van der Waals surface area contributed by atoms with Crippen LogP contribution in [0.3, 0.4) is 0 Å². The first-order chi connectivity index (χ1) is 14.1. The molecule has 1 saturated heterocycles. The van der Waals surface area contributed by atoms with Crippen LogP contribution < -0.4 is 25.4 Å². The molecular weight excluding hydrogens is 374 g/mol. The number of methoxy groups -OCH3 is 2. The molecule has 0 aliphatic carbocycles. The summed E-state index contributed by atoms with van der Waals surface area (Å²) >= 11 is 0. The summed E-state index contributed by atoms with van der Waals surface area (Å²) in [6.07, 6.45) is 3.25. The standard InChI is InChI=1S/C20H23N5O4/c1-27-16-9-13-14(10-17(16)28-2)23-20(24-18(13)21)25-7-3-5-12(11-25)22-19(26)15-6-4-8-29-15/h4,6,8-10,12H,3,5,7,11H2,1-2H3,(H,22,26)(H2,21,23,24)/t12-/m0/s1. The maximum absolute atomic E-state index is 12.3. The second-order valence-corrected chi connectivity index (χ2v) is 6.87. The van der Waals surface area contributed by atoms with Gasteiger partial charge in [-0.3, -0.25) is 4.79 Å². The van der Waals surface area contributed by atoms with E-state index in [1.807, 2.05) is 4.90 Å². The number of piperidine rings is 1. The van der Waals surface area contributed by atoms with E-state index in [1.165, 1.54) is 6.26 Å². The number of amides is 1. The van der Waals surface area contributed by atoms with Crippen LogP contribution >= 0.6 is 0 Å². The number of nitrogens with zero attached hydrogens (tertiary/aromatic N) is 3. The number of hydrogen-bond acceptors (Lipinski definition) is 8. The largest absolute Gasteiger partial charge is 0.493 e. The van der Waals surface area contributed by atoms with Crippen molar-refractivity contribution in [3.8, 4) is 11.5 Å². The molecule has 0 unspecified atom stereocenters. The average molecular weight is 397 g/mol. The van der Waals surface area contributed by atoms with Gasteiger partial charge in [0.2, 0.25) is 5.95 Å². The Bertz CT molecular complexity index is 1020. The van der Waals surface area contributed by atoms with E-state index in [4.69, 9.17) is 19.6 Å². The van der Waals surface area contributed by atoms with E-state index in [0.717, 1.165) is 19.4 Å². The average Bonchev–Trinajstić information content (AvgIpc) is 3.28. The third-order valence-corrected chi connectivity index (χ3v) is 5.00. The maximum Gasteiger partial charge on any atom is 0.287 e. The maximum atomic E-state index is 12.3. The fourth-order valence-electron chi connectivity index (χ4n) is 3.55. The fraction of sp³-hybridized carbons (Fsp3) is 0.350. The van der Waals surface area contributed by atoms with Gasteiger partial charge in [0.25, 0.3) is 5.91 Å². The van der Waals surface area contributed by atoms with Crippen molar-refractivity contribution in [2.75, 3.05) is 37.9 Å². The highest BCUT2D eigenvalue weighted by Crippen LogP contribution is 2.34. The van der Waals surface area contributed by atoms with E-state index in [-0.39, 0.29) is 11.9 Å². The third-order valence-electron chi connectivity index (χ3n) is 5.00. The van der Waals surface area contributed by atoms with Gasteiger partial charge in [-0.15, -0.1) is 0 Å². The molecule has 3 heterocycles. The van der Waals surface area contributed by atoms with Gasteiger partial charge in [-0.05, 0) is 31.0 Å². The summed E-state index contributed by atoms with van der Waals surface area (Å²) in [4.78, 5) is 23.5. The van der Waals surface area contributed by atoms with Gasteiger partial charge < -0.3 is 29.8 Å². The Morgan fingerprint density at radius 1 is 1.28 bits per heavy atom. The summed E-state index contributed by atoms with van der Waals surface area (Å²) in [5.74, 6) is 2.12. The molecule has 4 rings (SSSR count). The lowest BCUT2D eigenvalue weighted by atomic mass is 10.1. The number of nitrogens with two attached hydrogens (primary N) is 1. The number of benzene rings is 1. The molecule has 0 spiro atoms. The molecule has 1 atom stereocenters. The van der Waals surface area contributed by atoms with Crippen molar-refractivity contribution in [3.05, 3.63) is 36.3 Å². The lowest BCUT2D eigenvalue weighted by molar-refractivity contribution is 0.0905. The smallest absolute Gasteiger partial charge is 0.287 e. The normalized spacial score (nSPS) is 16.6. The van der Waals surface area contributed by atoms with Crippen molar-refractivity contribution in [2.45, 2.75) is 18.9 Å². The van der Waals surface area contributed by atoms with Gasteiger partial charge in [-0.25, -0.2) is 4.98 Å². The van der Waals surface area contributed by atoms with Crippen LogP contribution in [0.5, 0.6) is 11.5 Å². The highest BCUT2D eigenvalue weighted by Gasteiger charge is 2.25. The van der Waals surface area contributed by atoms with Gasteiger partial charge >= 0.3 is 0 Å². The number of carbonyl (C=O) groups excluding carboxylic acids is 1. The first-order valence-corrected chi connectivity index (χ1v) is 9.37. The summed E-state index contributed by atoms with van der Waals surface area (Å²) < 4.78 is 15.9. The minimum absolute atomic E-state index is 0.0349. The monoisotopic (exact) mass is 397 g/mol. The van der Waals surface area contributed by atoms with E-state index >= 15 is 0 Å². The zero-order chi connectivity index (χ0) is 20.4. The fourth-order valence-corrected chi connectivity index (χ4v) is 3.55.